The second-order valence-corrected chi connectivity index (χ2v) is 6.69. The van der Waals surface area contributed by atoms with Crippen LogP contribution < -0.4 is 10.2 Å². The topological polar surface area (TPSA) is 61.6 Å². The number of rotatable bonds is 3. The lowest BCUT2D eigenvalue weighted by molar-refractivity contribution is 0.198. The molecule has 4 rings (SSSR count). The molecule has 7 heteroatoms. The minimum absolute atomic E-state index is 0.794. The molecule has 2 aromatic rings. The van der Waals surface area contributed by atoms with Gasteiger partial charge in [-0.05, 0) is 38.8 Å². The zero-order chi connectivity index (χ0) is 15.6. The van der Waals surface area contributed by atoms with Crippen LogP contribution in [0.4, 0.5) is 5.82 Å². The summed E-state index contributed by atoms with van der Waals surface area (Å²) in [5.41, 5.74) is 0.829. The van der Waals surface area contributed by atoms with Crippen LogP contribution in [-0.4, -0.2) is 70.3 Å². The molecule has 23 heavy (non-hydrogen) atoms. The van der Waals surface area contributed by atoms with Crippen LogP contribution in [0.25, 0.3) is 5.65 Å². The van der Waals surface area contributed by atoms with Crippen molar-refractivity contribution in [3.8, 4) is 0 Å². The summed E-state index contributed by atoms with van der Waals surface area (Å²) in [6.45, 7) is 9.81. The lowest BCUT2D eigenvalue weighted by atomic mass is 9.99. The van der Waals surface area contributed by atoms with E-state index in [9.17, 15) is 0 Å². The third-order valence-corrected chi connectivity index (χ3v) is 4.95. The van der Waals surface area contributed by atoms with Gasteiger partial charge in [-0.2, -0.15) is 4.52 Å². The summed E-state index contributed by atoms with van der Waals surface area (Å²) in [6, 6.07) is 0. The van der Waals surface area contributed by atoms with E-state index in [4.69, 9.17) is 0 Å². The monoisotopic (exact) mass is 315 g/mol. The van der Waals surface area contributed by atoms with E-state index in [0.29, 0.717) is 0 Å². The molecule has 0 saturated carbocycles. The molecular weight excluding hydrogens is 290 g/mol. The van der Waals surface area contributed by atoms with Gasteiger partial charge in [-0.1, -0.05) is 0 Å². The van der Waals surface area contributed by atoms with Gasteiger partial charge in [0.2, 0.25) is 0 Å². The fourth-order valence-electron chi connectivity index (χ4n) is 3.73. The van der Waals surface area contributed by atoms with Gasteiger partial charge in [0.1, 0.15) is 5.82 Å². The zero-order valence-electron chi connectivity index (χ0n) is 13.8. The van der Waals surface area contributed by atoms with Crippen molar-refractivity contribution in [3.05, 3.63) is 18.2 Å². The number of hydrogen-bond acceptors (Lipinski definition) is 6. The fourth-order valence-corrected chi connectivity index (χ4v) is 3.73. The Morgan fingerprint density at radius 2 is 2.09 bits per heavy atom. The molecule has 0 aliphatic carbocycles. The van der Waals surface area contributed by atoms with Gasteiger partial charge in [-0.15, -0.1) is 5.10 Å². The van der Waals surface area contributed by atoms with E-state index in [1.165, 1.54) is 32.5 Å². The Morgan fingerprint density at radius 1 is 1.22 bits per heavy atom. The molecule has 7 nitrogen and oxygen atoms in total. The second-order valence-electron chi connectivity index (χ2n) is 6.69. The Morgan fingerprint density at radius 3 is 2.87 bits per heavy atom. The van der Waals surface area contributed by atoms with Crippen LogP contribution in [0.15, 0.2) is 12.4 Å². The first kappa shape index (κ1) is 14.8. The third kappa shape index (κ3) is 3.16. The highest BCUT2D eigenvalue weighted by Crippen LogP contribution is 2.18. The van der Waals surface area contributed by atoms with Crippen LogP contribution in [0.2, 0.25) is 0 Å². The summed E-state index contributed by atoms with van der Waals surface area (Å²) in [5.74, 6) is 2.67. The molecule has 2 fully saturated rings. The zero-order valence-corrected chi connectivity index (χ0v) is 13.8. The molecule has 0 amide bonds. The van der Waals surface area contributed by atoms with Crippen molar-refractivity contribution in [2.75, 3.05) is 50.7 Å². The van der Waals surface area contributed by atoms with Gasteiger partial charge < -0.3 is 10.2 Å². The van der Waals surface area contributed by atoms with E-state index < -0.39 is 0 Å². The van der Waals surface area contributed by atoms with E-state index in [2.05, 4.69) is 30.2 Å². The van der Waals surface area contributed by atoms with E-state index in [1.807, 2.05) is 17.6 Å². The number of anilines is 1. The first-order chi connectivity index (χ1) is 11.3. The number of nitrogens with zero attached hydrogens (tertiary/aromatic N) is 6. The largest absolute Gasteiger partial charge is 0.353 e. The molecule has 0 radical (unpaired) electrons. The van der Waals surface area contributed by atoms with Crippen LogP contribution in [0, 0.1) is 12.8 Å². The van der Waals surface area contributed by atoms with Crippen LogP contribution in [0.3, 0.4) is 0 Å². The molecule has 2 aliphatic rings. The first-order valence-corrected chi connectivity index (χ1v) is 8.65. The molecule has 2 aromatic heterocycles. The maximum Gasteiger partial charge on any atom is 0.176 e. The summed E-state index contributed by atoms with van der Waals surface area (Å²) in [7, 11) is 0. The molecule has 1 unspecified atom stereocenters. The Labute approximate surface area is 136 Å². The van der Waals surface area contributed by atoms with Gasteiger partial charge in [0.25, 0.3) is 0 Å². The molecule has 0 spiro atoms. The van der Waals surface area contributed by atoms with Crippen LogP contribution in [0.1, 0.15) is 18.7 Å². The van der Waals surface area contributed by atoms with Gasteiger partial charge in [0.15, 0.2) is 11.5 Å². The number of nitrogens with one attached hydrogen (secondary N) is 1. The van der Waals surface area contributed by atoms with Crippen molar-refractivity contribution < 1.29 is 0 Å². The van der Waals surface area contributed by atoms with Crippen molar-refractivity contribution in [2.24, 2.45) is 5.92 Å². The van der Waals surface area contributed by atoms with E-state index >= 15 is 0 Å². The molecule has 0 aromatic carbocycles. The highest BCUT2D eigenvalue weighted by atomic mass is 15.4. The fraction of sp³-hybridized carbons (Fsp3) is 0.688. The second kappa shape index (κ2) is 6.41. The quantitative estimate of drug-likeness (QED) is 0.893. The van der Waals surface area contributed by atoms with Gasteiger partial charge in [-0.3, -0.25) is 9.88 Å². The van der Waals surface area contributed by atoms with Gasteiger partial charge in [0, 0.05) is 32.7 Å². The molecule has 4 heterocycles. The van der Waals surface area contributed by atoms with Crippen LogP contribution in [-0.2, 0) is 0 Å². The summed E-state index contributed by atoms with van der Waals surface area (Å²) in [5, 5.41) is 8.02. The summed E-state index contributed by atoms with van der Waals surface area (Å²) in [6.07, 6.45) is 6.37. The maximum atomic E-state index is 4.50. The Balaban J connectivity index is 1.40. The number of piperidine rings is 1. The molecule has 2 saturated heterocycles. The number of aromatic nitrogens is 4. The van der Waals surface area contributed by atoms with E-state index in [1.54, 1.807) is 6.20 Å². The molecule has 2 aliphatic heterocycles. The lowest BCUT2D eigenvalue weighted by Crippen LogP contribution is -2.49. The van der Waals surface area contributed by atoms with Gasteiger partial charge >= 0.3 is 0 Å². The average Bonchev–Trinajstić information content (AvgIpc) is 2.97. The highest BCUT2D eigenvalue weighted by molar-refractivity contribution is 5.47. The maximum absolute atomic E-state index is 4.50. The van der Waals surface area contributed by atoms with Crippen molar-refractivity contribution in [1.29, 1.82) is 0 Å². The van der Waals surface area contributed by atoms with E-state index in [-0.39, 0.29) is 0 Å². The highest BCUT2D eigenvalue weighted by Gasteiger charge is 2.23. The lowest BCUT2D eigenvalue weighted by Gasteiger charge is -2.38. The summed E-state index contributed by atoms with van der Waals surface area (Å²) in [4.78, 5) is 13.7. The summed E-state index contributed by atoms with van der Waals surface area (Å²) >= 11 is 0. The Bertz CT molecular complexity index is 653. The molecule has 0 bridgehead atoms. The number of piperazine rings is 1. The smallest absolute Gasteiger partial charge is 0.176 e. The van der Waals surface area contributed by atoms with Crippen molar-refractivity contribution in [2.45, 2.75) is 19.8 Å². The molecule has 1 N–H and O–H groups in total. The van der Waals surface area contributed by atoms with Gasteiger partial charge in [0.05, 0.1) is 12.4 Å². The third-order valence-electron chi connectivity index (χ3n) is 4.95. The predicted molar refractivity (Wildman–Crippen MR) is 89.8 cm³/mol. The first-order valence-electron chi connectivity index (χ1n) is 8.65. The Hall–Kier alpha value is -1.73. The Kier molecular flexibility index (Phi) is 4.13. The van der Waals surface area contributed by atoms with Gasteiger partial charge in [-0.25, -0.2) is 4.98 Å². The minimum atomic E-state index is 0.794. The van der Waals surface area contributed by atoms with Crippen molar-refractivity contribution in [1.82, 2.24) is 29.8 Å². The SMILES string of the molecule is Cc1nc2cncc(N3CCN(CC4CCCNC4)CC3)n2n1. The summed E-state index contributed by atoms with van der Waals surface area (Å²) < 4.78 is 1.92. The van der Waals surface area contributed by atoms with E-state index in [0.717, 1.165) is 49.4 Å². The number of aryl methyl sites for hydroxylation is 1. The van der Waals surface area contributed by atoms with Crippen molar-refractivity contribution >= 4 is 11.5 Å². The predicted octanol–water partition coefficient (Wildman–Crippen LogP) is 0.554. The molecule has 124 valence electrons. The normalized spacial score (nSPS) is 23.5. The molecular formula is C16H25N7. The van der Waals surface area contributed by atoms with Crippen LogP contribution >= 0.6 is 0 Å². The average molecular weight is 315 g/mol. The minimum Gasteiger partial charge on any atom is -0.353 e. The number of hydrogen-bond donors (Lipinski definition) is 1. The van der Waals surface area contributed by atoms with Crippen molar-refractivity contribution in [3.63, 3.8) is 0 Å². The molecule has 1 atom stereocenters. The standard InChI is InChI=1S/C16H25N7/c1-13-19-15-10-18-11-16(23(15)20-13)22-7-5-21(6-8-22)12-14-3-2-4-17-9-14/h10-11,14,17H,2-9,12H2,1H3. The number of fused-ring (bicyclic) bond motifs is 1. The van der Waals surface area contributed by atoms with Crippen LogP contribution in [0.5, 0.6) is 0 Å².